The van der Waals surface area contributed by atoms with Gasteiger partial charge in [-0.2, -0.15) is 9.61 Å². The van der Waals surface area contributed by atoms with E-state index in [9.17, 15) is 4.79 Å². The first kappa shape index (κ1) is 19.2. The second kappa shape index (κ2) is 7.88. The van der Waals surface area contributed by atoms with Crippen LogP contribution in [0, 0.1) is 0 Å². The monoisotopic (exact) mass is 449 g/mol. The van der Waals surface area contributed by atoms with Gasteiger partial charge >= 0.3 is 0 Å². The lowest BCUT2D eigenvalue weighted by Gasteiger charge is -2.06. The van der Waals surface area contributed by atoms with Crippen LogP contribution in [0.15, 0.2) is 85.1 Å². The van der Waals surface area contributed by atoms with Gasteiger partial charge in [0.1, 0.15) is 5.69 Å². The van der Waals surface area contributed by atoms with Gasteiger partial charge in [0.2, 0.25) is 5.82 Å². The van der Waals surface area contributed by atoms with Crippen molar-refractivity contribution in [2.75, 3.05) is 5.32 Å². The molecule has 158 valence electrons. The third-order valence-corrected chi connectivity index (χ3v) is 6.12. The van der Waals surface area contributed by atoms with Gasteiger partial charge in [-0.1, -0.05) is 30.3 Å². The number of rotatable bonds is 4. The molecule has 0 atom stereocenters. The minimum absolute atomic E-state index is 0.229. The summed E-state index contributed by atoms with van der Waals surface area (Å²) < 4.78 is 2.67. The lowest BCUT2D eigenvalue weighted by Crippen LogP contribution is -2.11. The van der Waals surface area contributed by atoms with Crippen molar-refractivity contribution in [3.05, 3.63) is 90.1 Å². The van der Waals surface area contributed by atoms with Crippen LogP contribution >= 0.6 is 11.3 Å². The van der Waals surface area contributed by atoms with Crippen LogP contribution in [0.2, 0.25) is 0 Å². The number of pyridine rings is 1. The fraction of sp³-hybridized carbons (Fsp3) is 0. The van der Waals surface area contributed by atoms with Crippen LogP contribution in [-0.4, -0.2) is 35.7 Å². The van der Waals surface area contributed by atoms with E-state index in [1.54, 1.807) is 10.7 Å². The van der Waals surface area contributed by atoms with E-state index in [-0.39, 0.29) is 5.91 Å². The minimum atomic E-state index is -0.229. The Morgan fingerprint density at radius 2 is 1.70 bits per heavy atom. The number of nitrogens with zero attached hydrogens (tertiary/aromatic N) is 6. The van der Waals surface area contributed by atoms with Crippen molar-refractivity contribution in [1.82, 2.24) is 29.8 Å². The van der Waals surface area contributed by atoms with Gasteiger partial charge in [-0.15, -0.1) is 21.5 Å². The smallest absolute Gasteiger partial charge is 0.284 e. The molecule has 1 N–H and O–H groups in total. The van der Waals surface area contributed by atoms with Crippen LogP contribution in [0.3, 0.4) is 0 Å². The zero-order valence-corrected chi connectivity index (χ0v) is 17.9. The Morgan fingerprint density at radius 1 is 0.848 bits per heavy atom. The molecule has 0 saturated heterocycles. The molecule has 8 nitrogen and oxygen atoms in total. The second-order valence-electron chi connectivity index (χ2n) is 7.25. The third kappa shape index (κ3) is 3.60. The number of amides is 1. The molecule has 0 aliphatic carbocycles. The number of hydrogen-bond acceptors (Lipinski definition) is 7. The summed E-state index contributed by atoms with van der Waals surface area (Å²) in [6.45, 7) is 0. The molecular formula is C24H15N7OS. The van der Waals surface area contributed by atoms with Crippen LogP contribution in [0.1, 0.15) is 9.80 Å². The molecule has 2 aromatic carbocycles. The lowest BCUT2D eigenvalue weighted by atomic mass is 10.1. The maximum absolute atomic E-state index is 12.6. The zero-order chi connectivity index (χ0) is 22.2. The molecule has 0 aliphatic rings. The van der Waals surface area contributed by atoms with Crippen molar-refractivity contribution in [1.29, 1.82) is 0 Å². The largest absolute Gasteiger partial charge is 0.320 e. The summed E-state index contributed by atoms with van der Waals surface area (Å²) in [6.07, 6.45) is 1.71. The summed E-state index contributed by atoms with van der Waals surface area (Å²) in [4.78, 5) is 21.4. The molecule has 0 aliphatic heterocycles. The first-order valence-corrected chi connectivity index (χ1v) is 11.0. The van der Waals surface area contributed by atoms with E-state index in [4.69, 9.17) is 5.10 Å². The molecule has 6 aromatic rings. The van der Waals surface area contributed by atoms with Crippen LogP contribution < -0.4 is 5.32 Å². The molecule has 0 saturated carbocycles. The van der Waals surface area contributed by atoms with Crippen molar-refractivity contribution in [3.8, 4) is 22.8 Å². The standard InChI is InChI=1S/C24H15N7OS/c32-23(24-27-18-5-1-2-7-20(18)33-24)26-16-10-8-15(9-11-16)17-12-13-21-28-29-22(31(21)30-17)19-6-3-4-14-25-19/h1-14H,(H,26,32). The minimum Gasteiger partial charge on any atom is -0.320 e. The highest BCUT2D eigenvalue weighted by molar-refractivity contribution is 7.20. The number of hydrogen-bond donors (Lipinski definition) is 1. The molecule has 0 radical (unpaired) electrons. The molecule has 0 fully saturated rings. The molecule has 0 unspecified atom stereocenters. The predicted octanol–water partition coefficient (Wildman–Crippen LogP) is 4.72. The van der Waals surface area contributed by atoms with E-state index >= 15 is 0 Å². The summed E-state index contributed by atoms with van der Waals surface area (Å²) in [5.74, 6) is 0.347. The summed E-state index contributed by atoms with van der Waals surface area (Å²) >= 11 is 1.37. The van der Waals surface area contributed by atoms with Crippen LogP contribution in [0.4, 0.5) is 5.69 Å². The Labute approximate surface area is 191 Å². The van der Waals surface area contributed by atoms with Gasteiger partial charge in [0.05, 0.1) is 15.9 Å². The molecule has 9 heteroatoms. The number of nitrogens with one attached hydrogen (secondary N) is 1. The van der Waals surface area contributed by atoms with Gasteiger partial charge in [-0.25, -0.2) is 4.98 Å². The summed E-state index contributed by atoms with van der Waals surface area (Å²) in [7, 11) is 0. The maximum atomic E-state index is 12.6. The Hall–Kier alpha value is -4.50. The number of thiazole rings is 1. The van der Waals surface area contributed by atoms with Gasteiger partial charge in [-0.05, 0) is 48.5 Å². The fourth-order valence-electron chi connectivity index (χ4n) is 3.48. The van der Waals surface area contributed by atoms with Gasteiger partial charge in [-0.3, -0.25) is 9.78 Å². The Bertz CT molecular complexity index is 1570. The molecule has 6 rings (SSSR count). The third-order valence-electron chi connectivity index (χ3n) is 5.08. The van der Waals surface area contributed by atoms with E-state index in [1.165, 1.54) is 11.3 Å². The van der Waals surface area contributed by atoms with E-state index < -0.39 is 0 Å². The predicted molar refractivity (Wildman–Crippen MR) is 127 cm³/mol. The number of benzene rings is 2. The Morgan fingerprint density at radius 3 is 2.52 bits per heavy atom. The van der Waals surface area contributed by atoms with Crippen LogP contribution in [-0.2, 0) is 0 Å². The molecule has 33 heavy (non-hydrogen) atoms. The average molecular weight is 449 g/mol. The molecular weight excluding hydrogens is 434 g/mol. The van der Waals surface area contributed by atoms with Crippen LogP contribution in [0.5, 0.6) is 0 Å². The number of carbonyl (C=O) groups excluding carboxylic acids is 1. The number of aromatic nitrogens is 6. The molecule has 4 aromatic heterocycles. The van der Waals surface area contributed by atoms with Gasteiger partial charge in [0, 0.05) is 17.4 Å². The van der Waals surface area contributed by atoms with Crippen molar-refractivity contribution in [2.24, 2.45) is 0 Å². The lowest BCUT2D eigenvalue weighted by molar-refractivity contribution is 0.102. The highest BCUT2D eigenvalue weighted by atomic mass is 32.1. The number of anilines is 1. The topological polar surface area (TPSA) is 98.0 Å². The quantitative estimate of drug-likeness (QED) is 0.418. The fourth-order valence-corrected chi connectivity index (χ4v) is 4.34. The van der Waals surface area contributed by atoms with E-state index in [0.717, 1.165) is 21.5 Å². The van der Waals surface area contributed by atoms with Crippen LogP contribution in [0.25, 0.3) is 38.6 Å². The first-order chi connectivity index (χ1) is 16.2. The molecule has 4 heterocycles. The van der Waals surface area contributed by atoms with E-state index in [0.29, 0.717) is 27.9 Å². The Balaban J connectivity index is 1.26. The highest BCUT2D eigenvalue weighted by Crippen LogP contribution is 2.24. The number of fused-ring (bicyclic) bond motifs is 2. The molecule has 1 amide bonds. The first-order valence-electron chi connectivity index (χ1n) is 10.2. The highest BCUT2D eigenvalue weighted by Gasteiger charge is 2.14. The summed E-state index contributed by atoms with van der Waals surface area (Å²) in [5.41, 5.74) is 4.49. The second-order valence-corrected chi connectivity index (χ2v) is 8.28. The zero-order valence-electron chi connectivity index (χ0n) is 17.1. The number of carbonyl (C=O) groups is 1. The van der Waals surface area contributed by atoms with Gasteiger partial charge in [0.25, 0.3) is 5.91 Å². The molecule has 0 spiro atoms. The van der Waals surface area contributed by atoms with Gasteiger partial charge < -0.3 is 5.32 Å². The molecule has 0 bridgehead atoms. The average Bonchev–Trinajstić information content (AvgIpc) is 3.49. The van der Waals surface area contributed by atoms with E-state index in [2.05, 4.69) is 25.5 Å². The van der Waals surface area contributed by atoms with Crippen molar-refractivity contribution >= 4 is 38.8 Å². The normalized spacial score (nSPS) is 11.2. The summed E-state index contributed by atoms with van der Waals surface area (Å²) in [6, 6.07) is 24.6. The summed E-state index contributed by atoms with van der Waals surface area (Å²) in [5, 5.41) is 16.4. The van der Waals surface area contributed by atoms with Crippen molar-refractivity contribution in [3.63, 3.8) is 0 Å². The maximum Gasteiger partial charge on any atom is 0.284 e. The SMILES string of the molecule is O=C(Nc1ccc(-c2ccc3nnc(-c4ccccn4)n3n2)cc1)c1nc2ccccc2s1. The van der Waals surface area contributed by atoms with Gasteiger partial charge in [0.15, 0.2) is 10.7 Å². The van der Waals surface area contributed by atoms with Crippen molar-refractivity contribution < 1.29 is 4.79 Å². The van der Waals surface area contributed by atoms with E-state index in [1.807, 2.05) is 78.9 Å². The number of para-hydroxylation sites is 1. The van der Waals surface area contributed by atoms with Crippen molar-refractivity contribution in [2.45, 2.75) is 0 Å². The Kier molecular flexibility index (Phi) is 4.59.